The van der Waals surface area contributed by atoms with Crippen LogP contribution in [-0.2, 0) is 10.2 Å². The van der Waals surface area contributed by atoms with Crippen LogP contribution < -0.4 is 4.72 Å². The number of rotatable bonds is 8. The molecule has 100 valence electrons. The van der Waals surface area contributed by atoms with E-state index in [1.165, 1.54) is 0 Å². The van der Waals surface area contributed by atoms with Crippen LogP contribution in [0.1, 0.15) is 26.7 Å². The Hall–Kier alpha value is -1.08. The van der Waals surface area contributed by atoms with Gasteiger partial charge in [-0.15, -0.1) is 6.58 Å². The van der Waals surface area contributed by atoms with Gasteiger partial charge < -0.3 is 5.11 Å². The molecule has 0 aromatic carbocycles. The first-order valence-electron chi connectivity index (χ1n) is 5.58. The van der Waals surface area contributed by atoms with Crippen LogP contribution in [0.2, 0.25) is 0 Å². The van der Waals surface area contributed by atoms with Crippen LogP contribution in [0.3, 0.4) is 0 Å². The fraction of sp³-hybridized carbons (Fsp3) is 0.700. The number of nitrogens with zero attached hydrogens (tertiary/aromatic N) is 1. The van der Waals surface area contributed by atoms with Crippen molar-refractivity contribution in [3.05, 3.63) is 12.7 Å². The summed E-state index contributed by atoms with van der Waals surface area (Å²) < 4.78 is 25.3. The SMILES string of the molecule is C=CCCC[N+](CC)(CC)S(=O)(=O)NC(=O)O. The van der Waals surface area contributed by atoms with Crippen molar-refractivity contribution < 1.29 is 22.2 Å². The normalized spacial score (nSPS) is 12.1. The highest BCUT2D eigenvalue weighted by Gasteiger charge is 2.39. The van der Waals surface area contributed by atoms with Crippen LogP contribution in [0, 0.1) is 0 Å². The molecule has 2 N–H and O–H groups in total. The maximum atomic E-state index is 12.0. The van der Waals surface area contributed by atoms with E-state index in [2.05, 4.69) is 6.58 Å². The third-order valence-corrected chi connectivity index (χ3v) is 5.00. The number of amides is 1. The monoisotopic (exact) mass is 265 g/mol. The topological polar surface area (TPSA) is 83.5 Å². The van der Waals surface area contributed by atoms with Gasteiger partial charge in [0.25, 0.3) is 0 Å². The van der Waals surface area contributed by atoms with E-state index in [0.717, 1.165) is 0 Å². The second-order valence-electron chi connectivity index (χ2n) is 3.73. The highest BCUT2D eigenvalue weighted by atomic mass is 32.2. The molecule has 0 fully saturated rings. The Morgan fingerprint density at radius 3 is 2.29 bits per heavy atom. The van der Waals surface area contributed by atoms with Gasteiger partial charge in [-0.1, -0.05) is 6.08 Å². The Kier molecular flexibility index (Phi) is 6.19. The van der Waals surface area contributed by atoms with E-state index < -0.39 is 16.3 Å². The largest absolute Gasteiger partial charge is 0.464 e. The second-order valence-corrected chi connectivity index (χ2v) is 5.66. The van der Waals surface area contributed by atoms with E-state index >= 15 is 0 Å². The average molecular weight is 265 g/mol. The van der Waals surface area contributed by atoms with E-state index in [-0.39, 0.29) is 3.89 Å². The van der Waals surface area contributed by atoms with Crippen LogP contribution in [0.25, 0.3) is 0 Å². The van der Waals surface area contributed by atoms with Crippen LogP contribution in [0.15, 0.2) is 12.7 Å². The molecule has 0 aliphatic rings. The fourth-order valence-corrected chi connectivity index (χ4v) is 3.19. The third-order valence-electron chi connectivity index (χ3n) is 2.85. The first-order chi connectivity index (χ1) is 7.85. The molecule has 0 unspecified atom stereocenters. The summed E-state index contributed by atoms with van der Waals surface area (Å²) in [5, 5.41) is 8.56. The predicted octanol–water partition coefficient (Wildman–Crippen LogP) is 1.32. The van der Waals surface area contributed by atoms with Crippen LogP contribution in [-0.4, -0.2) is 43.1 Å². The fourth-order valence-electron chi connectivity index (χ4n) is 1.73. The van der Waals surface area contributed by atoms with Crippen molar-refractivity contribution in [3.8, 4) is 0 Å². The molecular weight excluding hydrogens is 244 g/mol. The lowest BCUT2D eigenvalue weighted by Gasteiger charge is -2.33. The summed E-state index contributed by atoms with van der Waals surface area (Å²) >= 11 is 0. The Labute approximate surface area is 103 Å². The lowest BCUT2D eigenvalue weighted by molar-refractivity contribution is -0.803. The number of nitrogens with one attached hydrogen (secondary N) is 1. The minimum absolute atomic E-state index is 0.271. The zero-order valence-corrected chi connectivity index (χ0v) is 11.2. The molecule has 0 atom stereocenters. The van der Waals surface area contributed by atoms with E-state index in [0.29, 0.717) is 32.5 Å². The quantitative estimate of drug-likeness (QED) is 0.394. The maximum absolute atomic E-state index is 12.0. The van der Waals surface area contributed by atoms with E-state index in [4.69, 9.17) is 5.11 Å². The van der Waals surface area contributed by atoms with Gasteiger partial charge in [0.2, 0.25) is 0 Å². The van der Waals surface area contributed by atoms with E-state index in [9.17, 15) is 13.2 Å². The van der Waals surface area contributed by atoms with Gasteiger partial charge in [0.05, 0.1) is 19.6 Å². The molecular formula is C10H21N2O4S+. The van der Waals surface area contributed by atoms with Gasteiger partial charge in [0, 0.05) is 6.42 Å². The number of carboxylic acid groups (broad SMARTS) is 1. The molecule has 0 heterocycles. The molecule has 17 heavy (non-hydrogen) atoms. The first kappa shape index (κ1) is 15.9. The standard InChI is InChI=1S/C10H20N2O4S/c1-4-7-8-9-12(5-2,6-3)17(15,16)11-10(13)14/h4,11H,1,5-9H2,2-3H3/p+1. The molecule has 0 saturated heterocycles. The molecule has 0 aliphatic carbocycles. The second kappa shape index (κ2) is 6.61. The minimum atomic E-state index is -3.91. The van der Waals surface area contributed by atoms with Crippen molar-refractivity contribution in [3.63, 3.8) is 0 Å². The molecule has 0 saturated carbocycles. The number of carbonyl (C=O) groups is 1. The summed E-state index contributed by atoms with van der Waals surface area (Å²) in [5.41, 5.74) is 0. The number of allylic oxidation sites excluding steroid dienone is 1. The average Bonchev–Trinajstić information content (AvgIpc) is 2.22. The first-order valence-corrected chi connectivity index (χ1v) is 7.02. The van der Waals surface area contributed by atoms with Crippen molar-refractivity contribution in [2.45, 2.75) is 26.7 Å². The van der Waals surface area contributed by atoms with Crippen molar-refractivity contribution >= 4 is 16.3 Å². The summed E-state index contributed by atoms with van der Waals surface area (Å²) in [5.74, 6) is 0. The minimum Gasteiger partial charge on any atom is -0.464 e. The Balaban J connectivity index is 5.03. The van der Waals surface area contributed by atoms with Gasteiger partial charge >= 0.3 is 16.3 Å². The van der Waals surface area contributed by atoms with Gasteiger partial charge in [0.1, 0.15) is 0 Å². The van der Waals surface area contributed by atoms with Crippen LogP contribution >= 0.6 is 0 Å². The summed E-state index contributed by atoms with van der Waals surface area (Å²) in [6.07, 6.45) is 1.55. The summed E-state index contributed by atoms with van der Waals surface area (Å²) in [6.45, 7) is 8.08. The molecule has 6 nitrogen and oxygen atoms in total. The summed E-state index contributed by atoms with van der Waals surface area (Å²) in [4.78, 5) is 10.5. The van der Waals surface area contributed by atoms with E-state index in [1.54, 1.807) is 24.6 Å². The van der Waals surface area contributed by atoms with Gasteiger partial charge in [-0.2, -0.15) is 13.1 Å². The van der Waals surface area contributed by atoms with Crippen molar-refractivity contribution in [1.29, 1.82) is 0 Å². The zero-order chi connectivity index (χ0) is 13.5. The summed E-state index contributed by atoms with van der Waals surface area (Å²) in [6, 6.07) is 0. The maximum Gasteiger partial charge on any atom is 0.422 e. The van der Waals surface area contributed by atoms with Gasteiger partial charge in [-0.3, -0.25) is 0 Å². The van der Waals surface area contributed by atoms with Gasteiger partial charge in [0.15, 0.2) is 0 Å². The van der Waals surface area contributed by atoms with Crippen molar-refractivity contribution in [2.75, 3.05) is 19.6 Å². The molecule has 0 bridgehead atoms. The lowest BCUT2D eigenvalue weighted by Crippen LogP contribution is -2.58. The highest BCUT2D eigenvalue weighted by molar-refractivity contribution is 7.84. The number of hydrogen-bond acceptors (Lipinski definition) is 3. The van der Waals surface area contributed by atoms with Crippen LogP contribution in [0.4, 0.5) is 4.79 Å². The summed E-state index contributed by atoms with van der Waals surface area (Å²) in [7, 11) is -3.91. The van der Waals surface area contributed by atoms with Crippen molar-refractivity contribution in [2.24, 2.45) is 0 Å². The molecule has 0 aromatic rings. The predicted molar refractivity (Wildman–Crippen MR) is 65.7 cm³/mol. The Morgan fingerprint density at radius 2 is 1.94 bits per heavy atom. The number of quaternary nitrogens is 1. The number of unbranched alkanes of at least 4 members (excludes halogenated alkanes) is 1. The van der Waals surface area contributed by atoms with Gasteiger partial charge in [-0.05, 0) is 20.3 Å². The molecule has 1 amide bonds. The molecule has 0 radical (unpaired) electrons. The molecule has 7 heteroatoms. The Morgan fingerprint density at radius 1 is 1.41 bits per heavy atom. The zero-order valence-electron chi connectivity index (χ0n) is 10.3. The van der Waals surface area contributed by atoms with E-state index in [1.807, 2.05) is 0 Å². The number of hydrogen-bond donors (Lipinski definition) is 2. The van der Waals surface area contributed by atoms with Crippen LogP contribution in [0.5, 0.6) is 0 Å². The molecule has 0 aliphatic heterocycles. The lowest BCUT2D eigenvalue weighted by atomic mass is 10.3. The molecule has 0 aromatic heterocycles. The Bertz CT molecular complexity index is 361. The van der Waals surface area contributed by atoms with Gasteiger partial charge in [-0.25, -0.2) is 8.68 Å². The molecule has 0 spiro atoms. The highest BCUT2D eigenvalue weighted by Crippen LogP contribution is 2.15. The molecule has 0 rings (SSSR count). The smallest absolute Gasteiger partial charge is 0.422 e. The van der Waals surface area contributed by atoms with Crippen molar-refractivity contribution in [1.82, 2.24) is 4.72 Å². The third kappa shape index (κ3) is 4.01.